The molecule has 1 saturated carbocycles. The van der Waals surface area contributed by atoms with Crippen molar-refractivity contribution in [2.75, 3.05) is 19.7 Å². The zero-order valence-corrected chi connectivity index (χ0v) is 12.5. The Labute approximate surface area is 121 Å². The average Bonchev–Trinajstić information content (AvgIpc) is 2.42. The first-order valence-corrected chi connectivity index (χ1v) is 7.71. The summed E-state index contributed by atoms with van der Waals surface area (Å²) in [6.45, 7) is 6.28. The quantitative estimate of drug-likeness (QED) is 0.714. The van der Waals surface area contributed by atoms with Gasteiger partial charge in [0, 0.05) is 6.54 Å². The number of ether oxygens (including phenoxy) is 1. The number of benzene rings is 1. The summed E-state index contributed by atoms with van der Waals surface area (Å²) in [7, 11) is 0. The SMILES string of the molecule is CCOC(=O)C(c1ccccc1)N(CC)CC1CCC1. The van der Waals surface area contributed by atoms with Gasteiger partial charge in [-0.25, -0.2) is 4.79 Å². The van der Waals surface area contributed by atoms with Crippen LogP contribution in [0.4, 0.5) is 0 Å². The summed E-state index contributed by atoms with van der Waals surface area (Å²) in [6, 6.07) is 9.73. The lowest BCUT2D eigenvalue weighted by atomic mass is 9.84. The minimum absolute atomic E-state index is 0.125. The summed E-state index contributed by atoms with van der Waals surface area (Å²) < 4.78 is 5.29. The highest BCUT2D eigenvalue weighted by atomic mass is 16.5. The molecule has 0 radical (unpaired) electrons. The van der Waals surface area contributed by atoms with Crippen LogP contribution in [0.1, 0.15) is 44.7 Å². The number of likely N-dealkylation sites (N-methyl/N-ethyl adjacent to an activating group) is 1. The average molecular weight is 275 g/mol. The first-order valence-electron chi connectivity index (χ1n) is 7.71. The Morgan fingerprint density at radius 3 is 2.50 bits per heavy atom. The van der Waals surface area contributed by atoms with E-state index < -0.39 is 0 Å². The molecule has 1 aromatic carbocycles. The third-order valence-electron chi connectivity index (χ3n) is 4.11. The van der Waals surface area contributed by atoms with Crippen molar-refractivity contribution < 1.29 is 9.53 Å². The van der Waals surface area contributed by atoms with Crippen molar-refractivity contribution >= 4 is 5.97 Å². The van der Waals surface area contributed by atoms with Crippen LogP contribution in [-0.2, 0) is 9.53 Å². The van der Waals surface area contributed by atoms with Crippen LogP contribution in [0.2, 0.25) is 0 Å². The molecular formula is C17H25NO2. The molecule has 0 N–H and O–H groups in total. The van der Waals surface area contributed by atoms with E-state index in [1.807, 2.05) is 37.3 Å². The van der Waals surface area contributed by atoms with Crippen molar-refractivity contribution in [1.82, 2.24) is 4.90 Å². The molecule has 0 amide bonds. The lowest BCUT2D eigenvalue weighted by Crippen LogP contribution is -2.39. The van der Waals surface area contributed by atoms with Gasteiger partial charge in [-0.05, 0) is 37.8 Å². The van der Waals surface area contributed by atoms with Gasteiger partial charge in [0.15, 0.2) is 0 Å². The molecule has 1 aromatic rings. The van der Waals surface area contributed by atoms with E-state index in [2.05, 4.69) is 11.8 Å². The van der Waals surface area contributed by atoms with Gasteiger partial charge in [-0.1, -0.05) is 43.7 Å². The second-order valence-electron chi connectivity index (χ2n) is 5.45. The molecule has 0 spiro atoms. The minimum Gasteiger partial charge on any atom is -0.465 e. The molecule has 1 unspecified atom stereocenters. The normalized spacial score (nSPS) is 16.8. The molecule has 0 aromatic heterocycles. The summed E-state index contributed by atoms with van der Waals surface area (Å²) in [5, 5.41) is 0. The van der Waals surface area contributed by atoms with Crippen LogP contribution >= 0.6 is 0 Å². The standard InChI is InChI=1S/C17H25NO2/c1-3-18(13-14-9-8-10-14)16(17(19)20-4-2)15-11-6-5-7-12-15/h5-7,11-12,14,16H,3-4,8-10,13H2,1-2H3. The maximum Gasteiger partial charge on any atom is 0.327 e. The topological polar surface area (TPSA) is 29.5 Å². The van der Waals surface area contributed by atoms with Crippen LogP contribution in [0.5, 0.6) is 0 Å². The van der Waals surface area contributed by atoms with Crippen molar-refractivity contribution in [3.63, 3.8) is 0 Å². The molecule has 0 saturated heterocycles. The molecule has 1 fully saturated rings. The van der Waals surface area contributed by atoms with Gasteiger partial charge in [0.25, 0.3) is 0 Å². The summed E-state index contributed by atoms with van der Waals surface area (Å²) in [5.74, 6) is 0.621. The minimum atomic E-state index is -0.262. The second kappa shape index (κ2) is 7.44. The Kier molecular flexibility index (Phi) is 5.60. The molecule has 0 aliphatic heterocycles. The lowest BCUT2D eigenvalue weighted by Gasteiger charge is -2.35. The molecule has 0 bridgehead atoms. The van der Waals surface area contributed by atoms with E-state index in [9.17, 15) is 4.79 Å². The van der Waals surface area contributed by atoms with Crippen LogP contribution in [-0.4, -0.2) is 30.6 Å². The number of carbonyl (C=O) groups excluding carboxylic acids is 1. The van der Waals surface area contributed by atoms with Crippen LogP contribution in [0.15, 0.2) is 30.3 Å². The fourth-order valence-electron chi connectivity index (χ4n) is 2.78. The summed E-state index contributed by atoms with van der Waals surface area (Å²) in [6.07, 6.45) is 3.92. The second-order valence-corrected chi connectivity index (χ2v) is 5.45. The molecule has 3 nitrogen and oxygen atoms in total. The molecule has 2 rings (SSSR count). The number of hydrogen-bond donors (Lipinski definition) is 0. The highest BCUT2D eigenvalue weighted by molar-refractivity contribution is 5.77. The molecule has 20 heavy (non-hydrogen) atoms. The number of carbonyl (C=O) groups is 1. The number of esters is 1. The Balaban J connectivity index is 2.16. The van der Waals surface area contributed by atoms with E-state index in [0.717, 1.165) is 24.6 Å². The van der Waals surface area contributed by atoms with Gasteiger partial charge in [0.1, 0.15) is 6.04 Å². The molecule has 110 valence electrons. The van der Waals surface area contributed by atoms with Crippen LogP contribution in [0, 0.1) is 5.92 Å². The van der Waals surface area contributed by atoms with Gasteiger partial charge in [-0.15, -0.1) is 0 Å². The molecule has 0 heterocycles. The molecular weight excluding hydrogens is 250 g/mol. The largest absolute Gasteiger partial charge is 0.465 e. The Bertz CT molecular complexity index is 414. The molecule has 1 atom stereocenters. The Morgan fingerprint density at radius 1 is 1.30 bits per heavy atom. The number of hydrogen-bond acceptors (Lipinski definition) is 3. The Hall–Kier alpha value is -1.35. The van der Waals surface area contributed by atoms with Crippen molar-refractivity contribution in [2.24, 2.45) is 5.92 Å². The summed E-state index contributed by atoms with van der Waals surface area (Å²) >= 11 is 0. The smallest absolute Gasteiger partial charge is 0.327 e. The predicted octanol–water partition coefficient (Wildman–Crippen LogP) is 3.41. The van der Waals surface area contributed by atoms with E-state index in [1.54, 1.807) is 0 Å². The third kappa shape index (κ3) is 3.60. The zero-order chi connectivity index (χ0) is 14.4. The maximum atomic E-state index is 12.4. The zero-order valence-electron chi connectivity index (χ0n) is 12.5. The molecule has 3 heteroatoms. The van der Waals surface area contributed by atoms with Crippen LogP contribution in [0.25, 0.3) is 0 Å². The number of nitrogens with zero attached hydrogens (tertiary/aromatic N) is 1. The molecule has 1 aliphatic carbocycles. The third-order valence-corrected chi connectivity index (χ3v) is 4.11. The predicted molar refractivity (Wildman–Crippen MR) is 80.4 cm³/mol. The lowest BCUT2D eigenvalue weighted by molar-refractivity contribution is -0.150. The first-order chi connectivity index (χ1) is 9.76. The monoisotopic (exact) mass is 275 g/mol. The fraction of sp³-hybridized carbons (Fsp3) is 0.588. The maximum absolute atomic E-state index is 12.4. The van der Waals surface area contributed by atoms with Gasteiger partial charge in [0.2, 0.25) is 0 Å². The van der Waals surface area contributed by atoms with Gasteiger partial charge in [-0.2, -0.15) is 0 Å². The Morgan fingerprint density at radius 2 is 2.00 bits per heavy atom. The van der Waals surface area contributed by atoms with Crippen molar-refractivity contribution in [2.45, 2.75) is 39.2 Å². The number of rotatable bonds is 7. The van der Waals surface area contributed by atoms with Crippen molar-refractivity contribution in [3.8, 4) is 0 Å². The summed E-state index contributed by atoms with van der Waals surface area (Å²) in [5.41, 5.74) is 1.03. The fourth-order valence-corrected chi connectivity index (χ4v) is 2.78. The van der Waals surface area contributed by atoms with E-state index in [4.69, 9.17) is 4.74 Å². The van der Waals surface area contributed by atoms with Crippen molar-refractivity contribution in [3.05, 3.63) is 35.9 Å². The van der Waals surface area contributed by atoms with E-state index in [0.29, 0.717) is 6.61 Å². The molecule has 1 aliphatic rings. The highest BCUT2D eigenvalue weighted by Crippen LogP contribution is 2.31. The van der Waals surface area contributed by atoms with Gasteiger partial charge in [0.05, 0.1) is 6.61 Å². The van der Waals surface area contributed by atoms with Crippen LogP contribution in [0.3, 0.4) is 0 Å². The summed E-state index contributed by atoms with van der Waals surface area (Å²) in [4.78, 5) is 14.6. The highest BCUT2D eigenvalue weighted by Gasteiger charge is 2.31. The van der Waals surface area contributed by atoms with E-state index >= 15 is 0 Å². The van der Waals surface area contributed by atoms with E-state index in [1.165, 1.54) is 19.3 Å². The van der Waals surface area contributed by atoms with Crippen molar-refractivity contribution in [1.29, 1.82) is 0 Å². The van der Waals surface area contributed by atoms with Crippen LogP contribution < -0.4 is 0 Å². The first kappa shape index (κ1) is 15.0. The van der Waals surface area contributed by atoms with E-state index in [-0.39, 0.29) is 12.0 Å². The van der Waals surface area contributed by atoms with Gasteiger partial charge >= 0.3 is 5.97 Å². The van der Waals surface area contributed by atoms with Gasteiger partial charge in [-0.3, -0.25) is 4.90 Å². The van der Waals surface area contributed by atoms with Gasteiger partial charge < -0.3 is 4.74 Å².